The maximum Gasteiger partial charge on any atom is 0.122 e. The van der Waals surface area contributed by atoms with Gasteiger partial charge in [-0.3, -0.25) is 4.98 Å². The van der Waals surface area contributed by atoms with Crippen molar-refractivity contribution in [2.24, 2.45) is 0 Å². The van der Waals surface area contributed by atoms with E-state index >= 15 is 0 Å². The topological polar surface area (TPSA) is 34.1 Å². The summed E-state index contributed by atoms with van der Waals surface area (Å²) in [4.78, 5) is 4.43. The second-order valence-corrected chi connectivity index (χ2v) is 4.68. The number of rotatable bonds is 7. The Hall–Kier alpha value is -1.18. The van der Waals surface area contributed by atoms with E-state index in [-0.39, 0.29) is 0 Å². The fourth-order valence-corrected chi connectivity index (χ4v) is 1.95. The third kappa shape index (κ3) is 5.62. The highest BCUT2D eigenvalue weighted by molar-refractivity contribution is 7.99. The Morgan fingerprint density at radius 1 is 1.53 bits per heavy atom. The van der Waals surface area contributed by atoms with Crippen LogP contribution >= 0.6 is 11.8 Å². The summed E-state index contributed by atoms with van der Waals surface area (Å²) in [6.45, 7) is 3.66. The molecule has 92 valence electrons. The predicted molar refractivity (Wildman–Crippen MR) is 73.4 cm³/mol. The van der Waals surface area contributed by atoms with Crippen molar-refractivity contribution < 1.29 is 4.74 Å². The van der Waals surface area contributed by atoms with Crippen molar-refractivity contribution in [1.29, 1.82) is 0 Å². The third-order valence-corrected chi connectivity index (χ3v) is 2.99. The fraction of sp³-hybridized carbons (Fsp3) is 0.462. The van der Waals surface area contributed by atoms with Crippen LogP contribution in [0.1, 0.15) is 11.4 Å². The van der Waals surface area contributed by atoms with E-state index in [1.807, 2.05) is 19.1 Å². The first-order chi connectivity index (χ1) is 8.26. The number of methoxy groups -OCH3 is 1. The molecule has 0 bridgehead atoms. The fourth-order valence-electron chi connectivity index (χ4n) is 1.40. The number of nitrogens with one attached hydrogen (secondary N) is 1. The van der Waals surface area contributed by atoms with Crippen molar-refractivity contribution in [3.8, 4) is 18.1 Å². The molecule has 0 aliphatic carbocycles. The molecule has 1 rings (SSSR count). The zero-order valence-electron chi connectivity index (χ0n) is 10.3. The quantitative estimate of drug-likeness (QED) is 0.591. The van der Waals surface area contributed by atoms with Gasteiger partial charge in [0.25, 0.3) is 0 Å². The van der Waals surface area contributed by atoms with E-state index in [1.165, 1.54) is 0 Å². The standard InChI is InChI=1S/C13H18N2OS/c1-4-6-17-7-5-14-10-12-9-13(16-3)8-11(2)15-12/h1,8-9,14H,5-7,10H2,2-3H3. The van der Waals surface area contributed by atoms with Gasteiger partial charge in [-0.2, -0.15) is 0 Å². The van der Waals surface area contributed by atoms with Gasteiger partial charge in [0.2, 0.25) is 0 Å². The molecule has 17 heavy (non-hydrogen) atoms. The number of ether oxygens (including phenoxy) is 1. The molecule has 0 atom stereocenters. The van der Waals surface area contributed by atoms with Crippen molar-refractivity contribution in [2.75, 3.05) is 25.2 Å². The van der Waals surface area contributed by atoms with Crippen molar-refractivity contribution in [3.63, 3.8) is 0 Å². The average molecular weight is 250 g/mol. The lowest BCUT2D eigenvalue weighted by Crippen LogP contribution is -2.17. The molecule has 4 heteroatoms. The Morgan fingerprint density at radius 3 is 3.06 bits per heavy atom. The van der Waals surface area contributed by atoms with Gasteiger partial charge in [0.1, 0.15) is 5.75 Å². The Labute approximate surface area is 107 Å². The monoisotopic (exact) mass is 250 g/mol. The lowest BCUT2D eigenvalue weighted by atomic mass is 10.3. The summed E-state index contributed by atoms with van der Waals surface area (Å²) in [6.07, 6.45) is 5.17. The lowest BCUT2D eigenvalue weighted by Gasteiger charge is -2.07. The minimum Gasteiger partial charge on any atom is -0.497 e. The Balaban J connectivity index is 2.31. The number of hydrogen-bond donors (Lipinski definition) is 1. The zero-order valence-corrected chi connectivity index (χ0v) is 11.1. The molecule has 0 radical (unpaired) electrons. The summed E-state index contributed by atoms with van der Waals surface area (Å²) in [7, 11) is 1.67. The predicted octanol–water partition coefficient (Wildman–Crippen LogP) is 1.85. The van der Waals surface area contributed by atoms with Crippen molar-refractivity contribution in [1.82, 2.24) is 10.3 Å². The molecule has 0 aromatic carbocycles. The van der Waals surface area contributed by atoms with Crippen molar-refractivity contribution in [2.45, 2.75) is 13.5 Å². The molecule has 0 saturated heterocycles. The molecular weight excluding hydrogens is 232 g/mol. The Kier molecular flexibility index (Phi) is 6.53. The molecule has 1 N–H and O–H groups in total. The summed E-state index contributed by atoms with van der Waals surface area (Å²) >= 11 is 1.76. The van der Waals surface area contributed by atoms with Crippen molar-refractivity contribution >= 4 is 11.8 Å². The molecule has 0 fully saturated rings. The van der Waals surface area contributed by atoms with Gasteiger partial charge in [0.15, 0.2) is 0 Å². The largest absolute Gasteiger partial charge is 0.497 e. The van der Waals surface area contributed by atoms with Gasteiger partial charge < -0.3 is 10.1 Å². The first-order valence-corrected chi connectivity index (χ1v) is 6.65. The van der Waals surface area contributed by atoms with Gasteiger partial charge in [0.05, 0.1) is 18.6 Å². The van der Waals surface area contributed by atoms with E-state index in [0.29, 0.717) is 0 Å². The van der Waals surface area contributed by atoms with Crippen LogP contribution in [-0.4, -0.2) is 30.1 Å². The molecule has 0 amide bonds. The third-order valence-electron chi connectivity index (χ3n) is 2.13. The second kappa shape index (κ2) is 7.99. The summed E-state index contributed by atoms with van der Waals surface area (Å²) < 4.78 is 5.20. The highest BCUT2D eigenvalue weighted by Crippen LogP contribution is 2.12. The van der Waals surface area contributed by atoms with Crippen molar-refractivity contribution in [3.05, 3.63) is 23.5 Å². The van der Waals surface area contributed by atoms with Crippen LogP contribution in [0.4, 0.5) is 0 Å². The molecule has 1 aromatic rings. The molecule has 0 saturated carbocycles. The summed E-state index contributed by atoms with van der Waals surface area (Å²) in [5.41, 5.74) is 1.98. The second-order valence-electron chi connectivity index (χ2n) is 3.57. The van der Waals surface area contributed by atoms with Crippen LogP contribution in [0.5, 0.6) is 5.75 Å². The maximum atomic E-state index is 5.20. The van der Waals surface area contributed by atoms with Crippen LogP contribution in [-0.2, 0) is 6.54 Å². The number of terminal acetylenes is 1. The van der Waals surface area contributed by atoms with E-state index in [1.54, 1.807) is 18.9 Å². The molecule has 1 heterocycles. The number of thioether (sulfide) groups is 1. The van der Waals surface area contributed by atoms with Gasteiger partial charge >= 0.3 is 0 Å². The normalized spacial score (nSPS) is 9.94. The first kappa shape index (κ1) is 13.9. The van der Waals surface area contributed by atoms with Gasteiger partial charge in [-0.25, -0.2) is 0 Å². The van der Waals surface area contributed by atoms with Crippen LogP contribution < -0.4 is 10.1 Å². The molecule has 0 aliphatic rings. The van der Waals surface area contributed by atoms with Crippen LogP contribution in [0.25, 0.3) is 0 Å². The zero-order chi connectivity index (χ0) is 12.5. The summed E-state index contributed by atoms with van der Waals surface area (Å²) in [5, 5.41) is 3.33. The summed E-state index contributed by atoms with van der Waals surface area (Å²) in [6, 6.07) is 3.88. The molecule has 1 aromatic heterocycles. The van der Waals surface area contributed by atoms with Gasteiger partial charge in [-0.1, -0.05) is 5.92 Å². The highest BCUT2D eigenvalue weighted by atomic mass is 32.2. The first-order valence-electron chi connectivity index (χ1n) is 5.49. The lowest BCUT2D eigenvalue weighted by molar-refractivity contribution is 0.412. The number of aryl methyl sites for hydroxylation is 1. The average Bonchev–Trinajstić information content (AvgIpc) is 2.33. The highest BCUT2D eigenvalue weighted by Gasteiger charge is 1.99. The van der Waals surface area contributed by atoms with Crippen LogP contribution in [0, 0.1) is 19.3 Å². The Morgan fingerprint density at radius 2 is 2.35 bits per heavy atom. The number of nitrogens with zero attached hydrogens (tertiary/aromatic N) is 1. The van der Waals surface area contributed by atoms with E-state index in [2.05, 4.69) is 16.2 Å². The van der Waals surface area contributed by atoms with E-state index in [9.17, 15) is 0 Å². The number of hydrogen-bond acceptors (Lipinski definition) is 4. The molecule has 3 nitrogen and oxygen atoms in total. The maximum absolute atomic E-state index is 5.20. The minimum absolute atomic E-state index is 0.759. The van der Waals surface area contributed by atoms with E-state index < -0.39 is 0 Å². The smallest absolute Gasteiger partial charge is 0.122 e. The van der Waals surface area contributed by atoms with Crippen LogP contribution in [0.15, 0.2) is 12.1 Å². The van der Waals surface area contributed by atoms with Crippen LogP contribution in [0.3, 0.4) is 0 Å². The van der Waals surface area contributed by atoms with Gasteiger partial charge in [-0.15, -0.1) is 18.2 Å². The molecule has 0 unspecified atom stereocenters. The molecular formula is C13H18N2OS. The number of pyridine rings is 1. The Bertz CT molecular complexity index is 387. The van der Waals surface area contributed by atoms with E-state index in [0.717, 1.165) is 41.7 Å². The van der Waals surface area contributed by atoms with Gasteiger partial charge in [0, 0.05) is 36.7 Å². The summed E-state index contributed by atoms with van der Waals surface area (Å²) in [5.74, 6) is 5.26. The molecule has 0 aliphatic heterocycles. The number of aromatic nitrogens is 1. The molecule has 0 spiro atoms. The minimum atomic E-state index is 0.759. The van der Waals surface area contributed by atoms with Crippen LogP contribution in [0.2, 0.25) is 0 Å². The van der Waals surface area contributed by atoms with Gasteiger partial charge in [-0.05, 0) is 6.92 Å². The van der Waals surface area contributed by atoms with E-state index in [4.69, 9.17) is 11.2 Å². The SMILES string of the molecule is C#CCSCCNCc1cc(OC)cc(C)n1.